The summed E-state index contributed by atoms with van der Waals surface area (Å²) in [5.74, 6) is 0.201. The second kappa shape index (κ2) is 2.41. The minimum atomic E-state index is 0.201. The van der Waals surface area contributed by atoms with E-state index in [4.69, 9.17) is 4.42 Å². The summed E-state index contributed by atoms with van der Waals surface area (Å²) in [6, 6.07) is 5.27. The molecule has 2 nitrogen and oxygen atoms in total. The summed E-state index contributed by atoms with van der Waals surface area (Å²) in [5, 5.41) is 10.4. The van der Waals surface area contributed by atoms with Crippen LogP contribution in [0.5, 0.6) is 5.75 Å². The van der Waals surface area contributed by atoms with Crippen molar-refractivity contribution in [1.82, 2.24) is 0 Å². The van der Waals surface area contributed by atoms with E-state index in [-0.39, 0.29) is 5.75 Å². The highest BCUT2D eigenvalue weighted by molar-refractivity contribution is 5.82. The van der Waals surface area contributed by atoms with Crippen LogP contribution >= 0.6 is 0 Å². The van der Waals surface area contributed by atoms with E-state index in [0.717, 1.165) is 10.9 Å². The minimum Gasteiger partial charge on any atom is -0.507 e. The molecule has 0 saturated carbocycles. The van der Waals surface area contributed by atoms with Crippen LogP contribution < -0.4 is 0 Å². The summed E-state index contributed by atoms with van der Waals surface area (Å²) in [7, 11) is 0. The normalized spacial score (nSPS) is 10.3. The number of hydrogen-bond donors (Lipinski definition) is 1. The van der Waals surface area contributed by atoms with E-state index in [9.17, 15) is 5.11 Å². The lowest BCUT2D eigenvalue weighted by molar-refractivity contribution is 0.473. The van der Waals surface area contributed by atoms with Crippen molar-refractivity contribution in [2.24, 2.45) is 0 Å². The van der Waals surface area contributed by atoms with Gasteiger partial charge in [0, 0.05) is 17.0 Å². The Morgan fingerprint density at radius 2 is 2.25 bits per heavy atom. The van der Waals surface area contributed by atoms with Crippen molar-refractivity contribution < 1.29 is 9.52 Å². The van der Waals surface area contributed by atoms with Gasteiger partial charge in [0.05, 0.1) is 6.26 Å². The van der Waals surface area contributed by atoms with E-state index >= 15 is 0 Å². The van der Waals surface area contributed by atoms with Crippen molar-refractivity contribution in [3.8, 4) is 5.75 Å². The lowest BCUT2D eigenvalue weighted by atomic mass is 10.1. The molecule has 0 bridgehead atoms. The smallest absolute Gasteiger partial charge is 0.137 e. The van der Waals surface area contributed by atoms with E-state index in [0.29, 0.717) is 5.58 Å². The SMILES string of the molecule is C=Cc1cc2ccoc2cc1O. The first kappa shape index (κ1) is 6.98. The van der Waals surface area contributed by atoms with E-state index in [1.54, 1.807) is 18.4 Å². The van der Waals surface area contributed by atoms with Gasteiger partial charge in [-0.05, 0) is 12.1 Å². The van der Waals surface area contributed by atoms with Gasteiger partial charge in [-0.1, -0.05) is 12.7 Å². The summed E-state index contributed by atoms with van der Waals surface area (Å²) >= 11 is 0. The van der Waals surface area contributed by atoms with Crippen LogP contribution in [-0.2, 0) is 0 Å². The molecular weight excluding hydrogens is 152 g/mol. The summed E-state index contributed by atoms with van der Waals surface area (Å²) < 4.78 is 5.10. The number of rotatable bonds is 1. The zero-order valence-corrected chi connectivity index (χ0v) is 6.45. The zero-order chi connectivity index (χ0) is 8.55. The highest BCUT2D eigenvalue weighted by Gasteiger charge is 2.01. The number of furan rings is 1. The van der Waals surface area contributed by atoms with Gasteiger partial charge in [0.2, 0.25) is 0 Å². The standard InChI is InChI=1S/C10H8O2/c1-2-7-5-8-3-4-12-10(8)6-9(7)11/h2-6,11H,1H2. The monoisotopic (exact) mass is 160 g/mol. The molecule has 0 saturated heterocycles. The average molecular weight is 160 g/mol. The molecule has 0 aliphatic heterocycles. The van der Waals surface area contributed by atoms with Crippen molar-refractivity contribution in [1.29, 1.82) is 0 Å². The Kier molecular flexibility index (Phi) is 1.40. The Bertz CT molecular complexity index is 426. The maximum absolute atomic E-state index is 9.40. The zero-order valence-electron chi connectivity index (χ0n) is 6.45. The molecule has 1 aromatic heterocycles. The molecule has 0 amide bonds. The quantitative estimate of drug-likeness (QED) is 0.695. The third-order valence-electron chi connectivity index (χ3n) is 1.82. The number of benzene rings is 1. The Labute approximate surface area is 69.7 Å². The van der Waals surface area contributed by atoms with Gasteiger partial charge in [0.1, 0.15) is 11.3 Å². The molecule has 0 spiro atoms. The van der Waals surface area contributed by atoms with Crippen molar-refractivity contribution in [3.63, 3.8) is 0 Å². The summed E-state index contributed by atoms with van der Waals surface area (Å²) in [6.07, 6.45) is 3.21. The van der Waals surface area contributed by atoms with Crippen LogP contribution in [0.15, 0.2) is 35.5 Å². The van der Waals surface area contributed by atoms with Gasteiger partial charge < -0.3 is 9.52 Å². The number of hydrogen-bond acceptors (Lipinski definition) is 2. The summed E-state index contributed by atoms with van der Waals surface area (Å²) in [6.45, 7) is 3.59. The largest absolute Gasteiger partial charge is 0.507 e. The molecule has 1 N–H and O–H groups in total. The van der Waals surface area contributed by atoms with Crippen LogP contribution in [0.4, 0.5) is 0 Å². The summed E-state index contributed by atoms with van der Waals surface area (Å²) in [5.41, 5.74) is 1.42. The van der Waals surface area contributed by atoms with Gasteiger partial charge in [0.15, 0.2) is 0 Å². The maximum atomic E-state index is 9.40. The van der Waals surface area contributed by atoms with Crippen molar-refractivity contribution in [3.05, 3.63) is 36.6 Å². The number of phenols is 1. The predicted molar refractivity (Wildman–Crippen MR) is 48.0 cm³/mol. The summed E-state index contributed by atoms with van der Waals surface area (Å²) in [4.78, 5) is 0. The van der Waals surface area contributed by atoms with Crippen LogP contribution in [-0.4, -0.2) is 5.11 Å². The molecule has 2 aromatic rings. The third-order valence-corrected chi connectivity index (χ3v) is 1.82. The van der Waals surface area contributed by atoms with Crippen LogP contribution in [0.25, 0.3) is 17.0 Å². The molecule has 0 atom stereocenters. The molecule has 12 heavy (non-hydrogen) atoms. The Morgan fingerprint density at radius 1 is 1.42 bits per heavy atom. The molecule has 2 rings (SSSR count). The Hall–Kier alpha value is -1.70. The van der Waals surface area contributed by atoms with Crippen LogP contribution in [0.1, 0.15) is 5.56 Å². The first-order chi connectivity index (χ1) is 5.81. The Morgan fingerprint density at radius 3 is 3.00 bits per heavy atom. The van der Waals surface area contributed by atoms with E-state index in [2.05, 4.69) is 6.58 Å². The molecule has 0 unspecified atom stereocenters. The first-order valence-electron chi connectivity index (χ1n) is 3.64. The van der Waals surface area contributed by atoms with Gasteiger partial charge in [0.25, 0.3) is 0 Å². The minimum absolute atomic E-state index is 0.201. The van der Waals surface area contributed by atoms with Gasteiger partial charge in [-0.2, -0.15) is 0 Å². The number of aromatic hydroxyl groups is 1. The number of phenolic OH excluding ortho intramolecular Hbond substituents is 1. The molecule has 60 valence electrons. The Balaban J connectivity index is 2.81. The molecule has 1 aromatic carbocycles. The molecular formula is C10H8O2. The highest BCUT2D eigenvalue weighted by atomic mass is 16.3. The lowest BCUT2D eigenvalue weighted by Gasteiger charge is -1.97. The topological polar surface area (TPSA) is 33.4 Å². The maximum Gasteiger partial charge on any atom is 0.137 e. The van der Waals surface area contributed by atoms with Crippen molar-refractivity contribution >= 4 is 17.0 Å². The van der Waals surface area contributed by atoms with E-state index in [1.165, 1.54) is 0 Å². The molecule has 0 radical (unpaired) electrons. The highest BCUT2D eigenvalue weighted by Crippen LogP contribution is 2.26. The van der Waals surface area contributed by atoms with Crippen molar-refractivity contribution in [2.75, 3.05) is 0 Å². The third kappa shape index (κ3) is 0.889. The average Bonchev–Trinajstić information content (AvgIpc) is 2.49. The second-order valence-electron chi connectivity index (χ2n) is 2.57. The van der Waals surface area contributed by atoms with Gasteiger partial charge in [-0.15, -0.1) is 0 Å². The molecule has 2 heteroatoms. The predicted octanol–water partition coefficient (Wildman–Crippen LogP) is 2.78. The van der Waals surface area contributed by atoms with Crippen molar-refractivity contribution in [2.45, 2.75) is 0 Å². The molecule has 0 fully saturated rings. The number of fused-ring (bicyclic) bond motifs is 1. The van der Waals surface area contributed by atoms with Gasteiger partial charge in [-0.25, -0.2) is 0 Å². The van der Waals surface area contributed by atoms with Crippen LogP contribution in [0, 0.1) is 0 Å². The van der Waals surface area contributed by atoms with Crippen LogP contribution in [0.3, 0.4) is 0 Å². The van der Waals surface area contributed by atoms with Gasteiger partial charge >= 0.3 is 0 Å². The first-order valence-corrected chi connectivity index (χ1v) is 3.64. The van der Waals surface area contributed by atoms with Gasteiger partial charge in [-0.3, -0.25) is 0 Å². The fourth-order valence-electron chi connectivity index (χ4n) is 1.18. The molecule has 1 heterocycles. The van der Waals surface area contributed by atoms with Crippen LogP contribution in [0.2, 0.25) is 0 Å². The lowest BCUT2D eigenvalue weighted by Crippen LogP contribution is -1.73. The van der Waals surface area contributed by atoms with E-state index in [1.807, 2.05) is 12.1 Å². The molecule has 0 aliphatic rings. The van der Waals surface area contributed by atoms with E-state index < -0.39 is 0 Å². The molecule has 0 aliphatic carbocycles. The second-order valence-corrected chi connectivity index (χ2v) is 2.57. The fraction of sp³-hybridized carbons (Fsp3) is 0. The fourth-order valence-corrected chi connectivity index (χ4v) is 1.18.